The number of phosphoric ester groups is 1. The van der Waals surface area contributed by atoms with Gasteiger partial charge in [0.15, 0.2) is 6.23 Å². The van der Waals surface area contributed by atoms with Crippen LogP contribution in [0.4, 0.5) is 0 Å². The monoisotopic (exact) mass is 549 g/mol. The maximum atomic E-state index is 13.2. The molecular formula is C18H18Cl2N5O9P. The van der Waals surface area contributed by atoms with Crippen LogP contribution >= 0.6 is 31.0 Å². The van der Waals surface area contributed by atoms with Gasteiger partial charge in [-0.2, -0.15) is 0 Å². The number of benzene rings is 1. The van der Waals surface area contributed by atoms with Gasteiger partial charge in [0.2, 0.25) is 5.72 Å². The molecule has 3 heterocycles. The number of ether oxygens (including phenoxy) is 1. The summed E-state index contributed by atoms with van der Waals surface area (Å²) < 4.78 is 35.5. The van der Waals surface area contributed by atoms with E-state index in [-0.39, 0.29) is 13.0 Å². The normalized spacial score (nSPS) is 32.8. The molecule has 14 nitrogen and oxygen atoms in total. The Morgan fingerprint density at radius 1 is 1.34 bits per heavy atom. The maximum Gasteiger partial charge on any atom is 0.475 e. The quantitative estimate of drug-likeness (QED) is 0.209. The van der Waals surface area contributed by atoms with Crippen molar-refractivity contribution in [3.05, 3.63) is 77.4 Å². The van der Waals surface area contributed by atoms with Gasteiger partial charge in [-0.15, -0.1) is 0 Å². The molecule has 0 unspecified atom stereocenters. The van der Waals surface area contributed by atoms with Crippen LogP contribution in [0.15, 0.2) is 45.2 Å². The summed E-state index contributed by atoms with van der Waals surface area (Å²) in [5, 5.41) is 25.2. The molecule has 6 atom stereocenters. The lowest BCUT2D eigenvalue weighted by Crippen LogP contribution is -2.45. The molecule has 2 fully saturated rings. The SMILES string of the molecule is [N-]=[N+]=N[C@]1(CO[P@]2(=O)OCC[C@H](c3cc(Cl)ccc3Cl)O2)O[C@@H](n2ccc(=O)[nH]c2=O)[C@H](O)[C@@H]1O. The van der Waals surface area contributed by atoms with Crippen LogP contribution in [0, 0.1) is 0 Å². The van der Waals surface area contributed by atoms with Crippen molar-refractivity contribution in [3.8, 4) is 0 Å². The van der Waals surface area contributed by atoms with Gasteiger partial charge in [0.05, 0.1) is 19.3 Å². The Bertz CT molecular complexity index is 1330. The van der Waals surface area contributed by atoms with Crippen molar-refractivity contribution in [1.29, 1.82) is 0 Å². The number of hydrogen-bond donors (Lipinski definition) is 3. The third-order valence-corrected chi connectivity index (χ3v) is 7.40. The van der Waals surface area contributed by atoms with Crippen molar-refractivity contribution in [2.45, 2.75) is 36.7 Å². The number of azide groups is 1. The Morgan fingerprint density at radius 3 is 2.83 bits per heavy atom. The highest BCUT2D eigenvalue weighted by Crippen LogP contribution is 2.58. The largest absolute Gasteiger partial charge is 0.475 e. The van der Waals surface area contributed by atoms with Crippen molar-refractivity contribution < 1.29 is 33.1 Å². The predicted molar refractivity (Wildman–Crippen MR) is 120 cm³/mol. The molecule has 0 amide bonds. The van der Waals surface area contributed by atoms with Gasteiger partial charge in [-0.3, -0.25) is 27.9 Å². The van der Waals surface area contributed by atoms with Crippen LogP contribution < -0.4 is 11.2 Å². The molecular weight excluding hydrogens is 532 g/mol. The number of rotatable bonds is 6. The third kappa shape index (κ3) is 5.18. The molecule has 1 aromatic carbocycles. The Morgan fingerprint density at radius 2 is 2.11 bits per heavy atom. The zero-order valence-corrected chi connectivity index (χ0v) is 20.0. The van der Waals surface area contributed by atoms with Crippen LogP contribution in [0.2, 0.25) is 10.0 Å². The van der Waals surface area contributed by atoms with Crippen LogP contribution in [-0.4, -0.2) is 50.9 Å². The average Bonchev–Trinajstić information content (AvgIpc) is 3.05. The molecule has 0 saturated carbocycles. The molecule has 2 aromatic rings. The summed E-state index contributed by atoms with van der Waals surface area (Å²) in [7, 11) is -4.32. The Labute approximate surface area is 206 Å². The number of aromatic amines is 1. The second-order valence-corrected chi connectivity index (χ2v) is 10.1. The van der Waals surface area contributed by atoms with E-state index in [1.54, 1.807) is 18.2 Å². The minimum Gasteiger partial charge on any atom is -0.387 e. The molecule has 0 radical (unpaired) electrons. The topological polar surface area (TPSA) is 198 Å². The molecule has 2 aliphatic rings. The van der Waals surface area contributed by atoms with E-state index < -0.39 is 55.9 Å². The molecule has 1 aromatic heterocycles. The summed E-state index contributed by atoms with van der Waals surface area (Å²) in [5.74, 6) is 0. The number of halogens is 2. The number of phosphoric acid groups is 1. The fraction of sp³-hybridized carbons (Fsp3) is 0.444. The van der Waals surface area contributed by atoms with E-state index in [2.05, 4.69) is 10.0 Å². The molecule has 0 bridgehead atoms. The molecule has 0 aliphatic carbocycles. The van der Waals surface area contributed by atoms with E-state index in [1.165, 1.54) is 0 Å². The molecule has 2 aliphatic heterocycles. The second kappa shape index (κ2) is 10.0. The summed E-state index contributed by atoms with van der Waals surface area (Å²) in [6.07, 6.45) is -4.86. The van der Waals surface area contributed by atoms with Crippen LogP contribution in [0.1, 0.15) is 24.3 Å². The van der Waals surface area contributed by atoms with Crippen molar-refractivity contribution in [2.75, 3.05) is 13.2 Å². The number of nitrogens with one attached hydrogen (secondary N) is 1. The van der Waals surface area contributed by atoms with Crippen LogP contribution in [-0.2, 0) is 22.9 Å². The molecule has 2 saturated heterocycles. The number of aliphatic hydroxyl groups is 2. The zero-order valence-electron chi connectivity index (χ0n) is 17.6. The summed E-state index contributed by atoms with van der Waals surface area (Å²) in [6, 6.07) is 5.64. The number of hydrogen-bond acceptors (Lipinski definition) is 10. The Balaban J connectivity index is 1.57. The number of H-pyrrole nitrogens is 1. The first-order chi connectivity index (χ1) is 16.6. The predicted octanol–water partition coefficient (Wildman–Crippen LogP) is 2.40. The van der Waals surface area contributed by atoms with Gasteiger partial charge in [0.1, 0.15) is 12.2 Å². The van der Waals surface area contributed by atoms with Gasteiger partial charge >= 0.3 is 13.5 Å². The lowest BCUT2D eigenvalue weighted by Gasteiger charge is -2.32. The fourth-order valence-corrected chi connectivity index (χ4v) is 5.47. The number of aromatic nitrogens is 2. The summed E-state index contributed by atoms with van der Waals surface area (Å²) in [5.41, 5.74) is 5.49. The van der Waals surface area contributed by atoms with E-state index >= 15 is 0 Å². The van der Waals surface area contributed by atoms with Crippen LogP contribution in [0.5, 0.6) is 0 Å². The van der Waals surface area contributed by atoms with Gasteiger partial charge in [0, 0.05) is 39.2 Å². The third-order valence-electron chi connectivity index (χ3n) is 5.36. The lowest BCUT2D eigenvalue weighted by molar-refractivity contribution is -0.127. The minimum absolute atomic E-state index is 0.0548. The highest BCUT2D eigenvalue weighted by atomic mass is 35.5. The van der Waals surface area contributed by atoms with Crippen molar-refractivity contribution in [2.24, 2.45) is 5.11 Å². The van der Waals surface area contributed by atoms with Crippen molar-refractivity contribution in [3.63, 3.8) is 0 Å². The van der Waals surface area contributed by atoms with E-state index in [1.807, 2.05) is 4.98 Å². The van der Waals surface area contributed by atoms with E-state index in [9.17, 15) is 24.4 Å². The van der Waals surface area contributed by atoms with Crippen LogP contribution in [0.25, 0.3) is 10.4 Å². The zero-order chi connectivity index (χ0) is 25.4. The summed E-state index contributed by atoms with van der Waals surface area (Å²) >= 11 is 12.2. The molecule has 17 heteroatoms. The van der Waals surface area contributed by atoms with Gasteiger partial charge in [-0.05, 0) is 23.7 Å². The second-order valence-electron chi connectivity index (χ2n) is 7.60. The smallest absolute Gasteiger partial charge is 0.387 e. The standard InChI is InChI=1S/C18H18Cl2N5O9P/c19-9-1-2-11(20)10(7-9)12-4-6-31-35(30,34-12)32-8-18(23-24-21)15(28)14(27)16(33-18)25-5-3-13(26)22-17(25)29/h1-3,5,7,12,14-16,27-28H,4,6,8H2,(H,22,26,29)/t12-,14-,15+,16-,18-,35+/m1/s1. The van der Waals surface area contributed by atoms with Gasteiger partial charge in [-0.1, -0.05) is 28.3 Å². The fourth-order valence-electron chi connectivity index (χ4n) is 3.65. The highest BCUT2D eigenvalue weighted by Gasteiger charge is 2.56. The Kier molecular flexibility index (Phi) is 7.41. The average molecular weight is 550 g/mol. The Hall–Kier alpha value is -2.22. The molecule has 0 spiro atoms. The van der Waals surface area contributed by atoms with Gasteiger partial charge in [0.25, 0.3) is 5.56 Å². The van der Waals surface area contributed by atoms with E-state index in [0.29, 0.717) is 15.6 Å². The lowest BCUT2D eigenvalue weighted by atomic mass is 10.1. The number of nitrogens with zero attached hydrogens (tertiary/aromatic N) is 4. The van der Waals surface area contributed by atoms with E-state index in [0.717, 1.165) is 16.8 Å². The molecule has 4 rings (SSSR count). The summed E-state index contributed by atoms with van der Waals surface area (Å²) in [6.45, 7) is -0.947. The maximum absolute atomic E-state index is 13.2. The number of aliphatic hydroxyl groups excluding tert-OH is 2. The van der Waals surface area contributed by atoms with Gasteiger partial charge in [-0.25, -0.2) is 9.36 Å². The molecule has 3 N–H and O–H groups in total. The first kappa shape index (κ1) is 25.9. The van der Waals surface area contributed by atoms with Crippen molar-refractivity contribution >= 4 is 31.0 Å². The first-order valence-corrected chi connectivity index (χ1v) is 12.2. The molecule has 35 heavy (non-hydrogen) atoms. The first-order valence-electron chi connectivity index (χ1n) is 10.0. The molecule has 188 valence electrons. The van der Waals surface area contributed by atoms with Gasteiger partial charge < -0.3 is 14.9 Å². The summed E-state index contributed by atoms with van der Waals surface area (Å²) in [4.78, 5) is 28.0. The minimum atomic E-state index is -4.32. The highest BCUT2D eigenvalue weighted by molar-refractivity contribution is 7.48. The van der Waals surface area contributed by atoms with Crippen molar-refractivity contribution in [1.82, 2.24) is 9.55 Å². The van der Waals surface area contributed by atoms with E-state index in [4.69, 9.17) is 47.0 Å². The van der Waals surface area contributed by atoms with Crippen LogP contribution in [0.3, 0.4) is 0 Å².